The molecule has 0 bridgehead atoms. The zero-order chi connectivity index (χ0) is 17.2. The highest BCUT2D eigenvalue weighted by molar-refractivity contribution is 6.33. The molecule has 2 N–H and O–H groups in total. The number of halogens is 3. The van der Waals surface area contributed by atoms with Gasteiger partial charge in [-0.25, -0.2) is 4.99 Å². The van der Waals surface area contributed by atoms with Crippen molar-refractivity contribution in [3.8, 4) is 0 Å². The van der Waals surface area contributed by atoms with Crippen LogP contribution in [0.5, 0.6) is 0 Å². The normalized spacial score (nSPS) is 16.4. The summed E-state index contributed by atoms with van der Waals surface area (Å²) in [7, 11) is -3.67. The summed E-state index contributed by atoms with van der Waals surface area (Å²) in [6.07, 6.45) is 0. The molecule has 2 nitrogen and oxygen atoms in total. The molecule has 0 atom stereocenters. The molecule has 6 heteroatoms. The first-order chi connectivity index (χ1) is 10.1. The molecule has 1 aliphatic rings. The Morgan fingerprint density at radius 3 is 1.73 bits per heavy atom. The van der Waals surface area contributed by atoms with Gasteiger partial charge < -0.3 is 4.98 Å². The van der Waals surface area contributed by atoms with Crippen molar-refractivity contribution in [1.29, 1.82) is 0 Å². The molecule has 1 aromatic rings. The lowest BCUT2D eigenvalue weighted by Gasteiger charge is -2.02. The van der Waals surface area contributed by atoms with Crippen LogP contribution in [0.3, 0.4) is 0 Å². The van der Waals surface area contributed by atoms with Gasteiger partial charge in [-0.1, -0.05) is 0 Å². The van der Waals surface area contributed by atoms with E-state index in [1.165, 1.54) is 50.6 Å². The lowest BCUT2D eigenvalue weighted by atomic mass is 10.0. The van der Waals surface area contributed by atoms with Gasteiger partial charge >= 0.3 is 7.54 Å². The SMILES string of the molecule is CC1=[NH+]/C(=C(/C)c2[nH]c(C)c(C)c2C)C(C)=C1C.FB(F)F. The molecule has 0 radical (unpaired) electrons. The van der Waals surface area contributed by atoms with E-state index in [0.29, 0.717) is 0 Å². The zero-order valence-electron chi connectivity index (χ0n) is 14.2. The number of allylic oxidation sites excluding steroid dienone is 3. The quantitative estimate of drug-likeness (QED) is 0.744. The third kappa shape index (κ3) is 3.73. The van der Waals surface area contributed by atoms with Gasteiger partial charge in [0.15, 0.2) is 5.71 Å². The minimum absolute atomic E-state index is 1.26. The molecule has 0 spiro atoms. The highest BCUT2D eigenvalue weighted by Crippen LogP contribution is 2.27. The van der Waals surface area contributed by atoms with Crippen LogP contribution in [0, 0.1) is 20.8 Å². The number of aromatic nitrogens is 1. The van der Waals surface area contributed by atoms with E-state index in [9.17, 15) is 12.9 Å². The van der Waals surface area contributed by atoms with Crippen molar-refractivity contribution in [2.45, 2.75) is 48.5 Å². The summed E-state index contributed by atoms with van der Waals surface area (Å²) in [5, 5.41) is 0. The molecule has 0 saturated heterocycles. The number of rotatable bonds is 1. The Kier molecular flexibility index (Phi) is 5.86. The summed E-state index contributed by atoms with van der Waals surface area (Å²) in [6.45, 7) is 15.2. The minimum atomic E-state index is -3.67. The van der Waals surface area contributed by atoms with E-state index >= 15 is 0 Å². The number of aryl methyl sites for hydroxylation is 1. The molecular weight excluding hydrogens is 288 g/mol. The first kappa shape index (κ1) is 18.3. The second-order valence-electron chi connectivity index (χ2n) is 5.62. The summed E-state index contributed by atoms with van der Waals surface area (Å²) in [4.78, 5) is 7.02. The highest BCUT2D eigenvalue weighted by atomic mass is 19.4. The van der Waals surface area contributed by atoms with Crippen molar-refractivity contribution in [2.75, 3.05) is 0 Å². The summed E-state index contributed by atoms with van der Waals surface area (Å²) in [5.41, 5.74) is 11.8. The number of hydrogen-bond acceptors (Lipinski definition) is 0. The van der Waals surface area contributed by atoms with Gasteiger partial charge in [0.1, 0.15) is 0 Å². The minimum Gasteiger partial charge on any atom is -0.358 e. The summed E-state index contributed by atoms with van der Waals surface area (Å²) < 4.78 is 29.0. The van der Waals surface area contributed by atoms with Crippen LogP contribution in [0.4, 0.5) is 12.9 Å². The third-order valence-corrected chi connectivity index (χ3v) is 4.38. The number of aromatic amines is 1. The monoisotopic (exact) mass is 311 g/mol. The Balaban J connectivity index is 0.000000541. The maximum Gasteiger partial charge on any atom is 0.762 e. The van der Waals surface area contributed by atoms with Crippen LogP contribution in [0.25, 0.3) is 5.57 Å². The standard InChI is InChI=1S/C16H22N2.BF3/c1-8-10(3)15(17-13(8)6)12(5)16-11(4)9(2)14(7)18-16;2-1(3)4/h17H,1-7H3;/p+1/b16-12-;. The number of nitrogens with one attached hydrogen (secondary N) is 2. The van der Waals surface area contributed by atoms with Crippen LogP contribution in [0.1, 0.15) is 50.2 Å². The largest absolute Gasteiger partial charge is 0.762 e. The highest BCUT2D eigenvalue weighted by Gasteiger charge is 2.25. The smallest absolute Gasteiger partial charge is 0.358 e. The fraction of sp³-hybridized carbons (Fsp3) is 0.438. The first-order valence-electron chi connectivity index (χ1n) is 7.15. The van der Waals surface area contributed by atoms with Gasteiger partial charge in [-0.3, -0.25) is 12.9 Å². The second kappa shape index (κ2) is 7.03. The maximum absolute atomic E-state index is 9.67. The van der Waals surface area contributed by atoms with E-state index in [1.807, 2.05) is 0 Å². The molecule has 1 aliphatic heterocycles. The first-order valence-corrected chi connectivity index (χ1v) is 7.15. The van der Waals surface area contributed by atoms with Crippen LogP contribution in [-0.4, -0.2) is 18.2 Å². The molecular formula is C16H23BF3N2+. The Bertz CT molecular complexity index is 664. The fourth-order valence-corrected chi connectivity index (χ4v) is 2.56. The molecule has 0 unspecified atom stereocenters. The van der Waals surface area contributed by atoms with Crippen molar-refractivity contribution in [1.82, 2.24) is 4.98 Å². The molecule has 1 aromatic heterocycles. The Morgan fingerprint density at radius 2 is 1.41 bits per heavy atom. The van der Waals surface area contributed by atoms with E-state index in [1.54, 1.807) is 0 Å². The van der Waals surface area contributed by atoms with Crippen LogP contribution in [-0.2, 0) is 0 Å². The van der Waals surface area contributed by atoms with Crippen LogP contribution in [0.15, 0.2) is 16.8 Å². The Hall–Kier alpha value is -1.72. The van der Waals surface area contributed by atoms with E-state index in [0.717, 1.165) is 0 Å². The van der Waals surface area contributed by atoms with Gasteiger partial charge in [-0.05, 0) is 52.7 Å². The number of hydrogen-bond donors (Lipinski definition) is 2. The van der Waals surface area contributed by atoms with Crippen molar-refractivity contribution < 1.29 is 17.9 Å². The van der Waals surface area contributed by atoms with Gasteiger partial charge in [0.05, 0.1) is 5.69 Å². The fourth-order valence-electron chi connectivity index (χ4n) is 2.56. The molecule has 22 heavy (non-hydrogen) atoms. The average molecular weight is 311 g/mol. The maximum atomic E-state index is 9.67. The predicted octanol–water partition coefficient (Wildman–Crippen LogP) is 3.44. The van der Waals surface area contributed by atoms with Gasteiger partial charge in [-0.2, -0.15) is 0 Å². The van der Waals surface area contributed by atoms with Crippen LogP contribution >= 0.6 is 0 Å². The van der Waals surface area contributed by atoms with E-state index in [-0.39, 0.29) is 0 Å². The molecule has 0 fully saturated rings. The van der Waals surface area contributed by atoms with E-state index in [4.69, 9.17) is 0 Å². The lowest BCUT2D eigenvalue weighted by Crippen LogP contribution is -2.68. The molecule has 0 saturated carbocycles. The van der Waals surface area contributed by atoms with Crippen molar-refractivity contribution >= 4 is 18.8 Å². The number of H-pyrrole nitrogens is 1. The molecule has 120 valence electrons. The van der Waals surface area contributed by atoms with Crippen molar-refractivity contribution in [2.24, 2.45) is 0 Å². The summed E-state index contributed by atoms with van der Waals surface area (Å²) >= 11 is 0. The lowest BCUT2D eigenvalue weighted by molar-refractivity contribution is -0.387. The molecule has 2 heterocycles. The second-order valence-corrected chi connectivity index (χ2v) is 5.62. The molecule has 0 aliphatic carbocycles. The van der Waals surface area contributed by atoms with E-state index < -0.39 is 7.54 Å². The average Bonchev–Trinajstić information content (AvgIpc) is 2.83. The van der Waals surface area contributed by atoms with Gasteiger partial charge in [0, 0.05) is 29.3 Å². The summed E-state index contributed by atoms with van der Waals surface area (Å²) in [6, 6.07) is 0. The third-order valence-electron chi connectivity index (χ3n) is 4.38. The van der Waals surface area contributed by atoms with E-state index in [2.05, 4.69) is 58.4 Å². The molecule has 2 rings (SSSR count). The Labute approximate surface area is 130 Å². The van der Waals surface area contributed by atoms with Crippen molar-refractivity contribution in [3.63, 3.8) is 0 Å². The van der Waals surface area contributed by atoms with Gasteiger partial charge in [-0.15, -0.1) is 0 Å². The Morgan fingerprint density at radius 1 is 0.909 bits per heavy atom. The molecule has 0 amide bonds. The summed E-state index contributed by atoms with van der Waals surface area (Å²) in [5.74, 6) is 0. The predicted molar refractivity (Wildman–Crippen MR) is 86.7 cm³/mol. The van der Waals surface area contributed by atoms with Gasteiger partial charge in [0.2, 0.25) is 5.70 Å². The van der Waals surface area contributed by atoms with Crippen LogP contribution in [0.2, 0.25) is 0 Å². The zero-order valence-corrected chi connectivity index (χ0v) is 14.2. The van der Waals surface area contributed by atoms with Crippen molar-refractivity contribution in [3.05, 3.63) is 39.4 Å². The van der Waals surface area contributed by atoms with Gasteiger partial charge in [0.25, 0.3) is 0 Å². The molecule has 0 aromatic carbocycles. The topological polar surface area (TPSA) is 29.8 Å². The van der Waals surface area contributed by atoms with Crippen LogP contribution < -0.4 is 4.99 Å².